The van der Waals surface area contributed by atoms with E-state index >= 15 is 0 Å². The SMILES string of the molecule is O=C(CCn1c(=O)oc2ccccc21)Nc1ccc2oc(C3CC3)nc2c1. The highest BCUT2D eigenvalue weighted by Gasteiger charge is 2.28. The van der Waals surface area contributed by atoms with Crippen LogP contribution in [0.3, 0.4) is 0 Å². The van der Waals surface area contributed by atoms with Crippen LogP contribution in [0.5, 0.6) is 0 Å². The number of amides is 1. The molecule has 4 aromatic rings. The van der Waals surface area contributed by atoms with Gasteiger partial charge >= 0.3 is 5.76 Å². The van der Waals surface area contributed by atoms with Crippen molar-refractivity contribution in [1.82, 2.24) is 9.55 Å². The number of hydrogen-bond acceptors (Lipinski definition) is 5. The molecule has 2 heterocycles. The van der Waals surface area contributed by atoms with Crippen LogP contribution in [0.1, 0.15) is 31.1 Å². The topological polar surface area (TPSA) is 90.3 Å². The summed E-state index contributed by atoms with van der Waals surface area (Å²) in [5, 5.41) is 2.85. The Morgan fingerprint density at radius 1 is 1.15 bits per heavy atom. The van der Waals surface area contributed by atoms with E-state index < -0.39 is 5.76 Å². The van der Waals surface area contributed by atoms with Gasteiger partial charge in [-0.05, 0) is 43.2 Å². The second-order valence-electron chi connectivity index (χ2n) is 6.79. The molecule has 0 saturated heterocycles. The number of carbonyl (C=O) groups excluding carboxylic acids is 1. The van der Waals surface area contributed by atoms with Crippen molar-refractivity contribution in [1.29, 1.82) is 0 Å². The van der Waals surface area contributed by atoms with Crippen molar-refractivity contribution in [3.05, 3.63) is 58.9 Å². The Morgan fingerprint density at radius 2 is 2.00 bits per heavy atom. The fraction of sp³-hybridized carbons (Fsp3) is 0.250. The summed E-state index contributed by atoms with van der Waals surface area (Å²) >= 11 is 0. The molecular formula is C20H17N3O4. The number of para-hydroxylation sites is 2. The lowest BCUT2D eigenvalue weighted by molar-refractivity contribution is -0.116. The first-order valence-corrected chi connectivity index (χ1v) is 8.96. The third kappa shape index (κ3) is 3.01. The molecule has 1 aliphatic rings. The zero-order valence-electron chi connectivity index (χ0n) is 14.5. The van der Waals surface area contributed by atoms with E-state index in [1.807, 2.05) is 18.2 Å². The van der Waals surface area contributed by atoms with Crippen LogP contribution < -0.4 is 11.1 Å². The summed E-state index contributed by atoms with van der Waals surface area (Å²) in [6.07, 6.45) is 2.41. The number of oxazole rings is 2. The van der Waals surface area contributed by atoms with Crippen molar-refractivity contribution in [3.63, 3.8) is 0 Å². The standard InChI is InChI=1S/C20H17N3O4/c24-18(9-10-23-15-3-1-2-4-17(15)27-20(23)25)21-13-7-8-16-14(11-13)22-19(26-16)12-5-6-12/h1-4,7-8,11-12H,5-6,9-10H2,(H,21,24). The Labute approximate surface area is 153 Å². The molecule has 0 atom stereocenters. The minimum absolute atomic E-state index is 0.160. The van der Waals surface area contributed by atoms with Crippen molar-refractivity contribution >= 4 is 33.8 Å². The number of aromatic nitrogens is 2. The van der Waals surface area contributed by atoms with Gasteiger partial charge in [-0.15, -0.1) is 0 Å². The monoisotopic (exact) mass is 363 g/mol. The van der Waals surface area contributed by atoms with Gasteiger partial charge in [-0.3, -0.25) is 9.36 Å². The molecule has 0 aliphatic heterocycles. The van der Waals surface area contributed by atoms with Crippen LogP contribution in [0.15, 0.2) is 56.1 Å². The fourth-order valence-electron chi connectivity index (χ4n) is 3.19. The Balaban J connectivity index is 1.29. The fourth-order valence-corrected chi connectivity index (χ4v) is 3.19. The first kappa shape index (κ1) is 15.9. The van der Waals surface area contributed by atoms with E-state index in [1.54, 1.807) is 24.3 Å². The largest absolute Gasteiger partial charge is 0.440 e. The number of benzene rings is 2. The van der Waals surface area contributed by atoms with Crippen LogP contribution in [0.2, 0.25) is 0 Å². The van der Waals surface area contributed by atoms with Crippen molar-refractivity contribution in [2.45, 2.75) is 31.7 Å². The minimum Gasteiger partial charge on any atom is -0.440 e. The van der Waals surface area contributed by atoms with Gasteiger partial charge in [0, 0.05) is 24.6 Å². The molecule has 2 aromatic carbocycles. The second kappa shape index (κ2) is 6.12. The molecule has 1 N–H and O–H groups in total. The van der Waals surface area contributed by atoms with E-state index in [4.69, 9.17) is 8.83 Å². The lowest BCUT2D eigenvalue weighted by atomic mass is 10.2. The van der Waals surface area contributed by atoms with E-state index in [0.717, 1.165) is 29.8 Å². The van der Waals surface area contributed by atoms with Crippen LogP contribution in [-0.4, -0.2) is 15.5 Å². The predicted octanol–water partition coefficient (Wildman–Crippen LogP) is 3.64. The molecule has 7 nitrogen and oxygen atoms in total. The number of anilines is 1. The summed E-state index contributed by atoms with van der Waals surface area (Å²) in [6.45, 7) is 0.250. The van der Waals surface area contributed by atoms with Crippen LogP contribution in [0.4, 0.5) is 5.69 Å². The minimum atomic E-state index is -0.458. The van der Waals surface area contributed by atoms with E-state index in [2.05, 4.69) is 10.3 Å². The molecule has 2 aromatic heterocycles. The maximum absolute atomic E-state index is 12.3. The molecule has 5 rings (SSSR count). The molecule has 0 spiro atoms. The lowest BCUT2D eigenvalue weighted by Crippen LogP contribution is -2.19. The van der Waals surface area contributed by atoms with Gasteiger partial charge in [0.2, 0.25) is 5.91 Å². The number of hydrogen-bond donors (Lipinski definition) is 1. The Bertz CT molecular complexity index is 1210. The molecule has 1 aliphatic carbocycles. The van der Waals surface area contributed by atoms with Gasteiger partial charge in [0.1, 0.15) is 5.52 Å². The molecule has 0 bridgehead atoms. The molecule has 7 heteroatoms. The molecule has 0 radical (unpaired) electrons. The molecule has 136 valence electrons. The number of nitrogens with one attached hydrogen (secondary N) is 1. The Kier molecular flexibility index (Phi) is 3.60. The molecule has 1 fully saturated rings. The quantitative estimate of drug-likeness (QED) is 0.585. The van der Waals surface area contributed by atoms with Crippen molar-refractivity contribution in [2.24, 2.45) is 0 Å². The molecular weight excluding hydrogens is 346 g/mol. The average molecular weight is 363 g/mol. The zero-order valence-corrected chi connectivity index (χ0v) is 14.5. The highest BCUT2D eigenvalue weighted by molar-refractivity contribution is 5.92. The average Bonchev–Trinajstić information content (AvgIpc) is 3.34. The zero-order chi connectivity index (χ0) is 18.4. The summed E-state index contributed by atoms with van der Waals surface area (Å²) in [6, 6.07) is 12.6. The highest BCUT2D eigenvalue weighted by atomic mass is 16.4. The van der Waals surface area contributed by atoms with E-state index in [0.29, 0.717) is 22.7 Å². The lowest BCUT2D eigenvalue weighted by Gasteiger charge is -2.05. The van der Waals surface area contributed by atoms with Gasteiger partial charge in [-0.2, -0.15) is 0 Å². The first-order chi connectivity index (χ1) is 13.2. The smallest absolute Gasteiger partial charge is 0.419 e. The van der Waals surface area contributed by atoms with Crippen molar-refractivity contribution in [3.8, 4) is 0 Å². The van der Waals surface area contributed by atoms with Crippen LogP contribution in [0.25, 0.3) is 22.2 Å². The van der Waals surface area contributed by atoms with Crippen molar-refractivity contribution in [2.75, 3.05) is 5.32 Å². The van der Waals surface area contributed by atoms with Gasteiger partial charge in [0.15, 0.2) is 17.1 Å². The van der Waals surface area contributed by atoms with Crippen LogP contribution in [0, 0.1) is 0 Å². The summed E-state index contributed by atoms with van der Waals surface area (Å²) in [4.78, 5) is 28.8. The number of nitrogens with zero attached hydrogens (tertiary/aromatic N) is 2. The maximum atomic E-state index is 12.3. The van der Waals surface area contributed by atoms with Gasteiger partial charge in [0.05, 0.1) is 5.52 Å². The number of rotatable bonds is 5. The van der Waals surface area contributed by atoms with Crippen LogP contribution in [-0.2, 0) is 11.3 Å². The van der Waals surface area contributed by atoms with Gasteiger partial charge in [-0.25, -0.2) is 9.78 Å². The summed E-state index contributed by atoms with van der Waals surface area (Å²) < 4.78 is 12.4. The van der Waals surface area contributed by atoms with Gasteiger partial charge < -0.3 is 14.2 Å². The normalized spacial score (nSPS) is 14.1. The molecule has 27 heavy (non-hydrogen) atoms. The van der Waals surface area contributed by atoms with Gasteiger partial charge in [0.25, 0.3) is 0 Å². The van der Waals surface area contributed by atoms with E-state index in [-0.39, 0.29) is 18.9 Å². The maximum Gasteiger partial charge on any atom is 0.419 e. The van der Waals surface area contributed by atoms with E-state index in [1.165, 1.54) is 4.57 Å². The Hall–Kier alpha value is -3.35. The van der Waals surface area contributed by atoms with Gasteiger partial charge in [-0.1, -0.05) is 12.1 Å². The van der Waals surface area contributed by atoms with Crippen molar-refractivity contribution < 1.29 is 13.6 Å². The Morgan fingerprint density at radius 3 is 2.85 bits per heavy atom. The predicted molar refractivity (Wildman–Crippen MR) is 99.7 cm³/mol. The first-order valence-electron chi connectivity index (χ1n) is 8.96. The molecule has 1 amide bonds. The number of fused-ring (bicyclic) bond motifs is 2. The third-order valence-corrected chi connectivity index (χ3v) is 4.75. The van der Waals surface area contributed by atoms with Crippen LogP contribution >= 0.6 is 0 Å². The number of aryl methyl sites for hydroxylation is 1. The molecule has 0 unspecified atom stereocenters. The molecule has 1 saturated carbocycles. The summed E-state index contributed by atoms with van der Waals surface area (Å²) in [5.74, 6) is 0.580. The number of carbonyl (C=O) groups is 1. The second-order valence-corrected chi connectivity index (χ2v) is 6.79. The summed E-state index contributed by atoms with van der Waals surface area (Å²) in [5.41, 5.74) is 3.34. The highest BCUT2D eigenvalue weighted by Crippen LogP contribution is 2.40. The van der Waals surface area contributed by atoms with E-state index in [9.17, 15) is 9.59 Å². The third-order valence-electron chi connectivity index (χ3n) is 4.75. The summed E-state index contributed by atoms with van der Waals surface area (Å²) in [7, 11) is 0.